The zero-order valence-electron chi connectivity index (χ0n) is 11.1. The standard InChI is InChI=1S/C13H27N3/c1-12-9-14-10-13(5-6-13)11-16(12)8-4-7-15(2)3/h12,14H,4-11H2,1-3H3. The highest BCUT2D eigenvalue weighted by Gasteiger charge is 2.45. The monoisotopic (exact) mass is 225 g/mol. The third-order valence-electron chi connectivity index (χ3n) is 4.11. The van der Waals surface area contributed by atoms with Gasteiger partial charge < -0.3 is 10.2 Å². The van der Waals surface area contributed by atoms with E-state index >= 15 is 0 Å². The Kier molecular flexibility index (Phi) is 3.88. The average molecular weight is 225 g/mol. The van der Waals surface area contributed by atoms with E-state index in [0.29, 0.717) is 11.5 Å². The third-order valence-corrected chi connectivity index (χ3v) is 4.11. The van der Waals surface area contributed by atoms with Gasteiger partial charge in [0.1, 0.15) is 0 Å². The number of nitrogens with one attached hydrogen (secondary N) is 1. The molecule has 2 aliphatic rings. The predicted molar refractivity (Wildman–Crippen MR) is 68.7 cm³/mol. The van der Waals surface area contributed by atoms with Gasteiger partial charge in [0.2, 0.25) is 0 Å². The molecule has 2 rings (SSSR count). The van der Waals surface area contributed by atoms with Gasteiger partial charge in [-0.15, -0.1) is 0 Å². The van der Waals surface area contributed by atoms with E-state index in [-0.39, 0.29) is 0 Å². The maximum atomic E-state index is 3.63. The van der Waals surface area contributed by atoms with Crippen LogP contribution in [0.4, 0.5) is 0 Å². The van der Waals surface area contributed by atoms with E-state index in [4.69, 9.17) is 0 Å². The number of rotatable bonds is 4. The highest BCUT2D eigenvalue weighted by molar-refractivity contribution is 5.00. The summed E-state index contributed by atoms with van der Waals surface area (Å²) in [6, 6.07) is 0.710. The normalized spacial score (nSPS) is 29.6. The Morgan fingerprint density at radius 2 is 2.12 bits per heavy atom. The Morgan fingerprint density at radius 3 is 2.75 bits per heavy atom. The molecule has 1 saturated heterocycles. The highest BCUT2D eigenvalue weighted by Crippen LogP contribution is 2.46. The average Bonchev–Trinajstić information content (AvgIpc) is 2.97. The minimum absolute atomic E-state index is 0.656. The zero-order chi connectivity index (χ0) is 11.6. The molecule has 0 aromatic rings. The predicted octanol–water partition coefficient (Wildman–Crippen LogP) is 1.01. The molecule has 2 fully saturated rings. The summed E-state index contributed by atoms with van der Waals surface area (Å²) in [5.74, 6) is 0. The zero-order valence-corrected chi connectivity index (χ0v) is 11.1. The maximum Gasteiger partial charge on any atom is 0.0192 e. The van der Waals surface area contributed by atoms with Crippen LogP contribution >= 0.6 is 0 Å². The van der Waals surface area contributed by atoms with E-state index < -0.39 is 0 Å². The minimum Gasteiger partial charge on any atom is -0.315 e. The van der Waals surface area contributed by atoms with Crippen LogP contribution in [0.3, 0.4) is 0 Å². The molecule has 16 heavy (non-hydrogen) atoms. The smallest absolute Gasteiger partial charge is 0.0192 e. The van der Waals surface area contributed by atoms with Gasteiger partial charge in [-0.25, -0.2) is 0 Å². The first-order valence-corrected chi connectivity index (χ1v) is 6.71. The van der Waals surface area contributed by atoms with Crippen molar-refractivity contribution >= 4 is 0 Å². The van der Waals surface area contributed by atoms with Gasteiger partial charge in [-0.05, 0) is 58.8 Å². The molecule has 1 spiro atoms. The molecule has 0 bridgehead atoms. The Hall–Kier alpha value is -0.120. The first-order valence-electron chi connectivity index (χ1n) is 6.71. The van der Waals surface area contributed by atoms with Gasteiger partial charge >= 0.3 is 0 Å². The van der Waals surface area contributed by atoms with Crippen LogP contribution in [0.5, 0.6) is 0 Å². The lowest BCUT2D eigenvalue weighted by molar-refractivity contribution is 0.184. The molecule has 0 aromatic carbocycles. The fraction of sp³-hybridized carbons (Fsp3) is 1.00. The molecule has 1 unspecified atom stereocenters. The van der Waals surface area contributed by atoms with Crippen LogP contribution < -0.4 is 5.32 Å². The van der Waals surface area contributed by atoms with E-state index in [0.717, 1.165) is 0 Å². The van der Waals surface area contributed by atoms with Gasteiger partial charge in [-0.2, -0.15) is 0 Å². The van der Waals surface area contributed by atoms with Gasteiger partial charge in [0.25, 0.3) is 0 Å². The summed E-state index contributed by atoms with van der Waals surface area (Å²) >= 11 is 0. The van der Waals surface area contributed by atoms with Crippen molar-refractivity contribution < 1.29 is 0 Å². The lowest BCUT2D eigenvalue weighted by Crippen LogP contribution is -2.39. The number of hydrogen-bond acceptors (Lipinski definition) is 3. The lowest BCUT2D eigenvalue weighted by atomic mass is 10.1. The maximum absolute atomic E-state index is 3.63. The van der Waals surface area contributed by atoms with Crippen molar-refractivity contribution in [1.29, 1.82) is 0 Å². The molecule has 0 radical (unpaired) electrons. The molecule has 1 N–H and O–H groups in total. The summed E-state index contributed by atoms with van der Waals surface area (Å²) in [5.41, 5.74) is 0.656. The van der Waals surface area contributed by atoms with Gasteiger partial charge in [-0.1, -0.05) is 0 Å². The van der Waals surface area contributed by atoms with Crippen molar-refractivity contribution in [2.24, 2.45) is 5.41 Å². The topological polar surface area (TPSA) is 18.5 Å². The first kappa shape index (κ1) is 12.3. The van der Waals surface area contributed by atoms with Gasteiger partial charge in [-0.3, -0.25) is 4.90 Å². The van der Waals surface area contributed by atoms with Crippen LogP contribution in [0.2, 0.25) is 0 Å². The van der Waals surface area contributed by atoms with Crippen molar-refractivity contribution in [3.63, 3.8) is 0 Å². The van der Waals surface area contributed by atoms with Crippen LogP contribution in [-0.4, -0.2) is 62.7 Å². The summed E-state index contributed by atoms with van der Waals surface area (Å²) in [5, 5.41) is 3.63. The van der Waals surface area contributed by atoms with E-state index in [1.165, 1.54) is 52.0 Å². The Bertz CT molecular complexity index is 223. The fourth-order valence-electron chi connectivity index (χ4n) is 2.72. The molecule has 3 heteroatoms. The molecular weight excluding hydrogens is 198 g/mol. The fourth-order valence-corrected chi connectivity index (χ4v) is 2.72. The first-order chi connectivity index (χ1) is 7.61. The largest absolute Gasteiger partial charge is 0.315 e. The van der Waals surface area contributed by atoms with Gasteiger partial charge in [0.05, 0.1) is 0 Å². The summed E-state index contributed by atoms with van der Waals surface area (Å²) in [7, 11) is 4.32. The quantitative estimate of drug-likeness (QED) is 0.770. The Balaban J connectivity index is 1.80. The van der Waals surface area contributed by atoms with Crippen molar-refractivity contribution in [3.05, 3.63) is 0 Å². The molecular formula is C13H27N3. The van der Waals surface area contributed by atoms with Gasteiger partial charge in [0.15, 0.2) is 0 Å². The van der Waals surface area contributed by atoms with E-state index in [1.807, 2.05) is 0 Å². The summed E-state index contributed by atoms with van der Waals surface area (Å²) in [4.78, 5) is 4.99. The molecule has 94 valence electrons. The minimum atomic E-state index is 0.656. The second kappa shape index (κ2) is 5.03. The SMILES string of the molecule is CC1CNCC2(CC2)CN1CCCN(C)C. The Morgan fingerprint density at radius 1 is 1.38 bits per heavy atom. The molecule has 0 amide bonds. The van der Waals surface area contributed by atoms with E-state index in [2.05, 4.69) is 36.1 Å². The molecule has 1 heterocycles. The van der Waals surface area contributed by atoms with Crippen molar-refractivity contribution in [2.45, 2.75) is 32.2 Å². The molecule has 1 saturated carbocycles. The summed E-state index contributed by atoms with van der Waals surface area (Å²) < 4.78 is 0. The lowest BCUT2D eigenvalue weighted by Gasteiger charge is -2.29. The molecule has 1 atom stereocenters. The third kappa shape index (κ3) is 3.19. The summed E-state index contributed by atoms with van der Waals surface area (Å²) in [6.07, 6.45) is 4.18. The van der Waals surface area contributed by atoms with Crippen LogP contribution in [-0.2, 0) is 0 Å². The number of hydrogen-bond donors (Lipinski definition) is 1. The highest BCUT2D eigenvalue weighted by atomic mass is 15.2. The molecule has 0 aromatic heterocycles. The van der Waals surface area contributed by atoms with Crippen LogP contribution in [0, 0.1) is 5.41 Å². The summed E-state index contributed by atoms with van der Waals surface area (Å²) in [6.45, 7) is 8.59. The van der Waals surface area contributed by atoms with E-state index in [9.17, 15) is 0 Å². The van der Waals surface area contributed by atoms with Crippen molar-refractivity contribution in [3.8, 4) is 0 Å². The van der Waals surface area contributed by atoms with Gasteiger partial charge in [0, 0.05) is 25.7 Å². The van der Waals surface area contributed by atoms with Crippen molar-refractivity contribution in [1.82, 2.24) is 15.1 Å². The number of nitrogens with zero attached hydrogens (tertiary/aromatic N) is 2. The van der Waals surface area contributed by atoms with Crippen molar-refractivity contribution in [2.75, 3.05) is 46.8 Å². The molecule has 3 nitrogen and oxygen atoms in total. The second-order valence-corrected chi connectivity index (χ2v) is 6.11. The second-order valence-electron chi connectivity index (χ2n) is 6.11. The van der Waals surface area contributed by atoms with Crippen LogP contribution in [0.25, 0.3) is 0 Å². The Labute approximate surface area is 100 Å². The van der Waals surface area contributed by atoms with E-state index in [1.54, 1.807) is 0 Å². The van der Waals surface area contributed by atoms with Crippen LogP contribution in [0.1, 0.15) is 26.2 Å². The van der Waals surface area contributed by atoms with Crippen LogP contribution in [0.15, 0.2) is 0 Å². The molecule has 1 aliphatic carbocycles. The molecule has 1 aliphatic heterocycles.